The van der Waals surface area contributed by atoms with Gasteiger partial charge in [-0.25, -0.2) is 13.1 Å². The second-order valence-corrected chi connectivity index (χ2v) is 10.9. The largest absolute Gasteiger partial charge is 0.330 e. The van der Waals surface area contributed by atoms with Crippen LogP contribution < -0.4 is 5.32 Å². The summed E-state index contributed by atoms with van der Waals surface area (Å²) in [5.74, 6) is 0.984. The van der Waals surface area contributed by atoms with Crippen LogP contribution in [0.4, 0.5) is 10.8 Å². The van der Waals surface area contributed by atoms with Gasteiger partial charge >= 0.3 is 0 Å². The van der Waals surface area contributed by atoms with Crippen molar-refractivity contribution in [1.82, 2.24) is 14.7 Å². The molecule has 3 rings (SSSR count). The zero-order valence-corrected chi connectivity index (χ0v) is 17.6. The topological polar surface area (TPSA) is 67.2 Å². The number of anilines is 2. The Balaban J connectivity index is 1.66. The molecule has 1 unspecified atom stereocenters. The van der Waals surface area contributed by atoms with E-state index in [9.17, 15) is 8.42 Å². The number of hydrogen-bond donors (Lipinski definition) is 1. The molecule has 1 aliphatic rings. The Morgan fingerprint density at radius 1 is 1.38 bits per heavy atom. The van der Waals surface area contributed by atoms with Gasteiger partial charge in [-0.15, -0.1) is 5.10 Å². The summed E-state index contributed by atoms with van der Waals surface area (Å²) in [5, 5.41) is 8.57. The van der Waals surface area contributed by atoms with Crippen LogP contribution in [0.1, 0.15) is 31.7 Å². The molecule has 142 valence electrons. The van der Waals surface area contributed by atoms with E-state index in [0.717, 1.165) is 10.8 Å². The van der Waals surface area contributed by atoms with Crippen LogP contribution in [0.3, 0.4) is 0 Å². The van der Waals surface area contributed by atoms with Gasteiger partial charge in [-0.3, -0.25) is 4.90 Å². The molecule has 1 aromatic heterocycles. The van der Waals surface area contributed by atoms with Gasteiger partial charge in [-0.1, -0.05) is 37.3 Å². The van der Waals surface area contributed by atoms with Crippen molar-refractivity contribution in [1.29, 1.82) is 0 Å². The highest BCUT2D eigenvalue weighted by Gasteiger charge is 2.30. The highest BCUT2D eigenvalue weighted by molar-refractivity contribution is 7.91. The fourth-order valence-corrected chi connectivity index (χ4v) is 5.79. The summed E-state index contributed by atoms with van der Waals surface area (Å²) >= 11 is 6.83. The molecule has 1 N–H and O–H groups in total. The van der Waals surface area contributed by atoms with Gasteiger partial charge in [0.1, 0.15) is 0 Å². The monoisotopic (exact) mass is 412 g/mol. The van der Waals surface area contributed by atoms with Crippen LogP contribution in [0.25, 0.3) is 0 Å². The van der Waals surface area contributed by atoms with Gasteiger partial charge < -0.3 is 5.32 Å². The number of nitrogens with one attached hydrogen (secondary N) is 1. The van der Waals surface area contributed by atoms with E-state index >= 15 is 0 Å². The molecule has 6 nitrogen and oxygen atoms in total. The van der Waals surface area contributed by atoms with Crippen molar-refractivity contribution in [3.8, 4) is 0 Å². The summed E-state index contributed by atoms with van der Waals surface area (Å²) in [6.07, 6.45) is 0.670. The van der Waals surface area contributed by atoms with Crippen molar-refractivity contribution < 1.29 is 8.42 Å². The molecule has 2 heterocycles. The summed E-state index contributed by atoms with van der Waals surface area (Å²) in [5.41, 5.74) is 2.27. The predicted molar refractivity (Wildman–Crippen MR) is 110 cm³/mol. The van der Waals surface area contributed by atoms with E-state index in [0.29, 0.717) is 23.0 Å². The van der Waals surface area contributed by atoms with Crippen LogP contribution in [0.2, 0.25) is 0 Å². The normalized spacial score (nSPS) is 19.3. The molecular weight excluding hydrogens is 388 g/mol. The molecule has 1 saturated heterocycles. The molecule has 1 aliphatic heterocycles. The van der Waals surface area contributed by atoms with Gasteiger partial charge in [0.2, 0.25) is 5.13 Å². The van der Waals surface area contributed by atoms with Gasteiger partial charge in [-0.05, 0) is 49.3 Å². The first-order chi connectivity index (χ1) is 12.2. The molecule has 26 heavy (non-hydrogen) atoms. The maximum Gasteiger partial charge on any atom is 0.209 e. The number of benzene rings is 1. The first kappa shape index (κ1) is 19.5. The average molecular weight is 413 g/mol. The smallest absolute Gasteiger partial charge is 0.209 e. The molecule has 1 fully saturated rings. The lowest BCUT2D eigenvalue weighted by molar-refractivity contribution is 0.198. The van der Waals surface area contributed by atoms with E-state index in [4.69, 9.17) is 12.2 Å². The van der Waals surface area contributed by atoms with Gasteiger partial charge in [-0.2, -0.15) is 0 Å². The highest BCUT2D eigenvalue weighted by atomic mass is 32.2. The molecule has 0 amide bonds. The third-order valence-corrected chi connectivity index (χ3v) is 7.60. The molecule has 1 aromatic carbocycles. The van der Waals surface area contributed by atoms with E-state index in [-0.39, 0.29) is 17.5 Å². The Morgan fingerprint density at radius 3 is 2.65 bits per heavy atom. The molecule has 1 atom stereocenters. The summed E-state index contributed by atoms with van der Waals surface area (Å²) in [4.78, 5) is 2.02. The zero-order chi connectivity index (χ0) is 18.9. The second-order valence-electron chi connectivity index (χ2n) is 7.03. The Kier molecular flexibility index (Phi) is 5.81. The molecular formula is C17H24N4O2S3. The maximum atomic E-state index is 11.7. The van der Waals surface area contributed by atoms with Crippen LogP contribution in [0.5, 0.6) is 0 Å². The summed E-state index contributed by atoms with van der Waals surface area (Å²) < 4.78 is 25.7. The van der Waals surface area contributed by atoms with E-state index in [2.05, 4.69) is 36.4 Å². The summed E-state index contributed by atoms with van der Waals surface area (Å²) in [6, 6.07) is 8.33. The van der Waals surface area contributed by atoms with Crippen LogP contribution in [0, 0.1) is 3.95 Å². The Morgan fingerprint density at radius 2 is 2.08 bits per heavy atom. The first-order valence-electron chi connectivity index (χ1n) is 8.59. The van der Waals surface area contributed by atoms with Crippen molar-refractivity contribution in [2.24, 2.45) is 0 Å². The molecule has 0 spiro atoms. The van der Waals surface area contributed by atoms with Crippen LogP contribution >= 0.6 is 23.6 Å². The lowest BCUT2D eigenvalue weighted by Gasteiger charge is -2.22. The standard InChI is InChI=1S/C17H24N4O2S3/c1-12(2)13-4-6-14(7-5-13)18-16-19-21(17(24)25-16)11-20(3)15-8-9-26(22,23)10-15/h4-7,12,15H,8-11H2,1-3H3,(H,18,19). The SMILES string of the molecule is CC(C)c1ccc(Nc2nn(CN(C)C3CCS(=O)(=O)C3)c(=S)s2)cc1. The van der Waals surface area contributed by atoms with Gasteiger partial charge in [0.05, 0.1) is 18.2 Å². The lowest BCUT2D eigenvalue weighted by atomic mass is 10.0. The highest BCUT2D eigenvalue weighted by Crippen LogP contribution is 2.23. The number of aromatic nitrogens is 2. The molecule has 0 bridgehead atoms. The lowest BCUT2D eigenvalue weighted by Crippen LogP contribution is -2.34. The van der Waals surface area contributed by atoms with Gasteiger partial charge in [0.25, 0.3) is 0 Å². The average Bonchev–Trinajstić information content (AvgIpc) is 3.10. The number of rotatable bonds is 6. The van der Waals surface area contributed by atoms with E-state index in [1.807, 2.05) is 24.1 Å². The van der Waals surface area contributed by atoms with Gasteiger partial charge in [0, 0.05) is 11.7 Å². The minimum absolute atomic E-state index is 0.0311. The first-order valence-corrected chi connectivity index (χ1v) is 11.6. The number of nitrogens with zero attached hydrogens (tertiary/aromatic N) is 3. The van der Waals surface area contributed by atoms with Crippen molar-refractivity contribution in [2.75, 3.05) is 23.9 Å². The molecule has 0 radical (unpaired) electrons. The molecule has 2 aromatic rings. The zero-order valence-electron chi connectivity index (χ0n) is 15.2. The molecule has 9 heteroatoms. The minimum Gasteiger partial charge on any atom is -0.330 e. The van der Waals surface area contributed by atoms with Crippen LogP contribution in [-0.4, -0.2) is 47.7 Å². The molecule has 0 saturated carbocycles. The Labute approximate surface area is 163 Å². The van der Waals surface area contributed by atoms with Crippen molar-refractivity contribution in [3.05, 3.63) is 33.8 Å². The predicted octanol–water partition coefficient (Wildman–Crippen LogP) is 3.62. The van der Waals surface area contributed by atoms with E-state index < -0.39 is 9.84 Å². The Bertz CT molecular complexity index is 916. The quantitative estimate of drug-likeness (QED) is 0.731. The van der Waals surface area contributed by atoms with Crippen molar-refractivity contribution in [2.45, 2.75) is 38.9 Å². The minimum atomic E-state index is -2.90. The fraction of sp³-hybridized carbons (Fsp3) is 0.529. The number of sulfone groups is 1. The summed E-state index contributed by atoms with van der Waals surface area (Å²) in [6.45, 7) is 4.83. The van der Waals surface area contributed by atoms with E-state index in [1.165, 1.54) is 16.9 Å². The third-order valence-electron chi connectivity index (χ3n) is 4.62. The molecule has 0 aliphatic carbocycles. The van der Waals surface area contributed by atoms with Crippen LogP contribution in [-0.2, 0) is 16.5 Å². The van der Waals surface area contributed by atoms with Crippen molar-refractivity contribution in [3.63, 3.8) is 0 Å². The van der Waals surface area contributed by atoms with Crippen LogP contribution in [0.15, 0.2) is 24.3 Å². The third kappa shape index (κ3) is 4.70. The summed E-state index contributed by atoms with van der Waals surface area (Å²) in [7, 11) is -0.974. The maximum absolute atomic E-state index is 11.7. The van der Waals surface area contributed by atoms with E-state index in [1.54, 1.807) is 4.68 Å². The van der Waals surface area contributed by atoms with Crippen molar-refractivity contribution >= 4 is 44.2 Å². The Hall–Kier alpha value is -1.29. The second kappa shape index (κ2) is 7.75. The fourth-order valence-electron chi connectivity index (χ4n) is 2.97. The number of hydrogen-bond acceptors (Lipinski definition) is 7. The van der Waals surface area contributed by atoms with Gasteiger partial charge in [0.15, 0.2) is 13.8 Å².